The largest absolute Gasteiger partial charge is 0.459 e. The molecule has 1 aromatic heterocycles. The van der Waals surface area contributed by atoms with E-state index >= 15 is 0 Å². The van der Waals surface area contributed by atoms with Crippen molar-refractivity contribution in [2.45, 2.75) is 38.0 Å². The molecule has 0 fully saturated rings. The van der Waals surface area contributed by atoms with Crippen LogP contribution < -0.4 is 0 Å². The monoisotopic (exact) mass is 419 g/mol. The summed E-state index contributed by atoms with van der Waals surface area (Å²) in [5.74, 6) is -0.237. The predicted octanol–water partition coefficient (Wildman–Crippen LogP) is 4.05. The van der Waals surface area contributed by atoms with Gasteiger partial charge in [-0.05, 0) is 59.0 Å². The van der Waals surface area contributed by atoms with E-state index in [0.29, 0.717) is 26.0 Å². The zero-order valence-corrected chi connectivity index (χ0v) is 17.2. The van der Waals surface area contributed by atoms with Crippen LogP contribution in [-0.2, 0) is 20.8 Å². The van der Waals surface area contributed by atoms with E-state index in [-0.39, 0.29) is 30.0 Å². The summed E-state index contributed by atoms with van der Waals surface area (Å²) in [6.45, 7) is 0.948. The second kappa shape index (κ2) is 10.5. The number of nitrogens with zero attached hydrogens (tertiary/aromatic N) is 1. The van der Waals surface area contributed by atoms with Gasteiger partial charge < -0.3 is 19.5 Å². The quantitative estimate of drug-likeness (QED) is 0.623. The number of allylic oxidation sites excluding steroid dienone is 1. The molecule has 1 aliphatic heterocycles. The van der Waals surface area contributed by atoms with Crippen LogP contribution in [0.3, 0.4) is 0 Å². The Kier molecular flexibility index (Phi) is 7.80. The topological polar surface area (TPSA) is 59.0 Å². The third kappa shape index (κ3) is 6.13. The van der Waals surface area contributed by atoms with E-state index in [1.54, 1.807) is 35.4 Å². The normalized spacial score (nSPS) is 18.8. The van der Waals surface area contributed by atoms with Gasteiger partial charge in [-0.25, -0.2) is 4.39 Å². The van der Waals surface area contributed by atoms with Crippen LogP contribution in [0.1, 0.15) is 36.3 Å². The number of carbonyl (C=O) groups is 1. The van der Waals surface area contributed by atoms with Gasteiger partial charge in [-0.15, -0.1) is 0 Å². The first kappa shape index (κ1) is 21.5. The fraction of sp³-hybridized carbons (Fsp3) is 0.409. The number of hydrogen-bond donors (Lipinski definition) is 1. The lowest BCUT2D eigenvalue weighted by Crippen LogP contribution is -2.34. The fourth-order valence-electron chi connectivity index (χ4n) is 3.18. The zero-order valence-electron chi connectivity index (χ0n) is 16.4. The van der Waals surface area contributed by atoms with Crippen LogP contribution in [0.5, 0.6) is 0 Å². The van der Waals surface area contributed by atoms with E-state index in [0.717, 1.165) is 17.5 Å². The lowest BCUT2D eigenvalue weighted by atomic mass is 9.95. The van der Waals surface area contributed by atoms with E-state index in [1.165, 1.54) is 12.1 Å². The molecule has 29 heavy (non-hydrogen) atoms. The Hall–Kier alpha value is -2.22. The molecular formula is C22H26FNO4S. The van der Waals surface area contributed by atoms with Gasteiger partial charge in [0.05, 0.1) is 6.61 Å². The van der Waals surface area contributed by atoms with Crippen LogP contribution in [0.2, 0.25) is 0 Å². The lowest BCUT2D eigenvalue weighted by molar-refractivity contribution is -0.152. The van der Waals surface area contributed by atoms with Crippen molar-refractivity contribution >= 4 is 17.2 Å². The molecule has 1 aliphatic rings. The van der Waals surface area contributed by atoms with E-state index < -0.39 is 6.29 Å². The number of halogens is 1. The minimum atomic E-state index is -0.512. The van der Waals surface area contributed by atoms with Gasteiger partial charge in [0.15, 0.2) is 5.76 Å². The second-order valence-corrected chi connectivity index (χ2v) is 7.85. The standard InChI is InChI=1S/C22H26FNO4S/c1-24(14-16-4-6-19(23)7-5-16)22(26)20-12-18(17-8-11-29-15-17)13-21(28-20)27-10-3-2-9-25/h4-8,11-12,15,18,21,25H,2-3,9-10,13-14H2,1H3/t18-,21+/m1/s1. The SMILES string of the molecule is CN(Cc1ccc(F)cc1)C(=O)C1=C[C@@H](c2ccsc2)C[C@@H](OCCCCO)O1. The maximum absolute atomic E-state index is 13.1. The molecule has 0 aliphatic carbocycles. The molecule has 0 saturated heterocycles. The van der Waals surface area contributed by atoms with Crippen molar-refractivity contribution in [2.24, 2.45) is 0 Å². The van der Waals surface area contributed by atoms with Crippen molar-refractivity contribution in [1.29, 1.82) is 0 Å². The summed E-state index contributed by atoms with van der Waals surface area (Å²) < 4.78 is 24.8. The molecule has 2 atom stereocenters. The summed E-state index contributed by atoms with van der Waals surface area (Å²) in [5.41, 5.74) is 1.97. The summed E-state index contributed by atoms with van der Waals surface area (Å²) in [6.07, 6.45) is 3.38. The fourth-order valence-corrected chi connectivity index (χ4v) is 3.91. The number of aliphatic hydroxyl groups excluding tert-OH is 1. The van der Waals surface area contributed by atoms with Crippen LogP contribution in [0, 0.1) is 5.82 Å². The van der Waals surface area contributed by atoms with Crippen LogP contribution >= 0.6 is 11.3 Å². The summed E-state index contributed by atoms with van der Waals surface area (Å²) in [7, 11) is 1.70. The van der Waals surface area contributed by atoms with Gasteiger partial charge in [0.2, 0.25) is 6.29 Å². The van der Waals surface area contributed by atoms with Gasteiger partial charge in [-0.2, -0.15) is 11.3 Å². The van der Waals surface area contributed by atoms with Crippen molar-refractivity contribution in [3.8, 4) is 0 Å². The Labute approximate surface area is 174 Å². The van der Waals surface area contributed by atoms with Gasteiger partial charge in [0.1, 0.15) is 5.82 Å². The molecule has 0 spiro atoms. The predicted molar refractivity (Wildman–Crippen MR) is 110 cm³/mol. The Morgan fingerprint density at radius 3 is 2.79 bits per heavy atom. The summed E-state index contributed by atoms with van der Waals surface area (Å²) in [5, 5.41) is 13.0. The second-order valence-electron chi connectivity index (χ2n) is 7.07. The number of benzene rings is 1. The van der Waals surface area contributed by atoms with Gasteiger partial charge in [0, 0.05) is 32.5 Å². The molecular weight excluding hydrogens is 393 g/mol. The molecule has 2 heterocycles. The number of carbonyl (C=O) groups excluding carboxylic acids is 1. The third-order valence-electron chi connectivity index (χ3n) is 4.78. The highest BCUT2D eigenvalue weighted by atomic mass is 32.1. The van der Waals surface area contributed by atoms with Gasteiger partial charge in [0.25, 0.3) is 5.91 Å². The lowest BCUT2D eigenvalue weighted by Gasteiger charge is -2.30. The molecule has 0 saturated carbocycles. The van der Waals surface area contributed by atoms with Crippen molar-refractivity contribution in [2.75, 3.05) is 20.3 Å². The first-order chi connectivity index (χ1) is 14.1. The molecule has 1 aromatic carbocycles. The minimum Gasteiger partial charge on any atom is -0.459 e. The van der Waals surface area contributed by atoms with Gasteiger partial charge >= 0.3 is 0 Å². The maximum atomic E-state index is 13.1. The van der Waals surface area contributed by atoms with E-state index in [1.807, 2.05) is 17.5 Å². The highest BCUT2D eigenvalue weighted by Crippen LogP contribution is 2.33. The molecule has 2 aromatic rings. The van der Waals surface area contributed by atoms with E-state index in [4.69, 9.17) is 14.6 Å². The molecule has 5 nitrogen and oxygen atoms in total. The molecule has 1 N–H and O–H groups in total. The molecule has 0 bridgehead atoms. The highest BCUT2D eigenvalue weighted by Gasteiger charge is 2.30. The van der Waals surface area contributed by atoms with Crippen molar-refractivity contribution in [1.82, 2.24) is 4.90 Å². The number of ether oxygens (including phenoxy) is 2. The van der Waals surface area contributed by atoms with E-state index in [9.17, 15) is 9.18 Å². The van der Waals surface area contributed by atoms with Crippen molar-refractivity contribution in [3.05, 3.63) is 69.9 Å². The van der Waals surface area contributed by atoms with Crippen LogP contribution in [-0.4, -0.2) is 42.5 Å². The Balaban J connectivity index is 1.69. The number of rotatable bonds is 9. The highest BCUT2D eigenvalue weighted by molar-refractivity contribution is 7.08. The molecule has 0 radical (unpaired) electrons. The Bertz CT molecular complexity index is 807. The van der Waals surface area contributed by atoms with Gasteiger partial charge in [-0.3, -0.25) is 4.79 Å². The summed E-state index contributed by atoms with van der Waals surface area (Å²) >= 11 is 1.61. The minimum absolute atomic E-state index is 0.0380. The molecule has 0 unspecified atom stereocenters. The van der Waals surface area contributed by atoms with E-state index in [2.05, 4.69) is 5.38 Å². The molecule has 7 heteroatoms. The van der Waals surface area contributed by atoms with Crippen molar-refractivity contribution in [3.63, 3.8) is 0 Å². The molecule has 156 valence electrons. The van der Waals surface area contributed by atoms with Crippen molar-refractivity contribution < 1.29 is 23.8 Å². The Morgan fingerprint density at radius 1 is 1.31 bits per heavy atom. The number of aliphatic hydroxyl groups is 1. The maximum Gasteiger partial charge on any atom is 0.288 e. The number of hydrogen-bond acceptors (Lipinski definition) is 5. The first-order valence-corrected chi connectivity index (χ1v) is 10.6. The summed E-state index contributed by atoms with van der Waals surface area (Å²) in [6, 6.07) is 8.14. The third-order valence-corrected chi connectivity index (χ3v) is 5.48. The average Bonchev–Trinajstić information content (AvgIpc) is 3.27. The number of amides is 1. The van der Waals surface area contributed by atoms with Crippen LogP contribution in [0.4, 0.5) is 4.39 Å². The molecule has 1 amide bonds. The smallest absolute Gasteiger partial charge is 0.288 e. The zero-order chi connectivity index (χ0) is 20.6. The summed E-state index contributed by atoms with van der Waals surface area (Å²) in [4.78, 5) is 14.5. The molecule has 3 rings (SSSR count). The van der Waals surface area contributed by atoms with Crippen LogP contribution in [0.15, 0.2) is 52.9 Å². The average molecular weight is 420 g/mol. The number of thiophene rings is 1. The number of unbranched alkanes of at least 4 members (excludes halogenated alkanes) is 1. The Morgan fingerprint density at radius 2 is 2.10 bits per heavy atom. The number of likely N-dealkylation sites (N-methyl/N-ethyl adjacent to an activating group) is 1. The van der Waals surface area contributed by atoms with Gasteiger partial charge in [-0.1, -0.05) is 12.1 Å². The van der Waals surface area contributed by atoms with Crippen LogP contribution in [0.25, 0.3) is 0 Å². The first-order valence-electron chi connectivity index (χ1n) is 9.69.